The van der Waals surface area contributed by atoms with Gasteiger partial charge in [-0.25, -0.2) is 0 Å². The Morgan fingerprint density at radius 1 is 1.17 bits per heavy atom. The van der Waals surface area contributed by atoms with E-state index in [1.165, 1.54) is 7.05 Å². The lowest BCUT2D eigenvalue weighted by Gasteiger charge is -2.33. The first kappa shape index (κ1) is 25.2. The Bertz CT molecular complexity index is 1070. The van der Waals surface area contributed by atoms with Gasteiger partial charge in [-0.15, -0.1) is 0 Å². The van der Waals surface area contributed by atoms with E-state index in [1.807, 2.05) is 30.5 Å². The molecule has 188 valence electrons. The van der Waals surface area contributed by atoms with E-state index < -0.39 is 0 Å². The number of methoxy groups -OCH3 is 1. The molecule has 1 aliphatic heterocycles. The fourth-order valence-corrected chi connectivity index (χ4v) is 5.61. The van der Waals surface area contributed by atoms with E-state index in [0.717, 1.165) is 80.7 Å². The van der Waals surface area contributed by atoms with Crippen molar-refractivity contribution < 1.29 is 14.3 Å². The summed E-state index contributed by atoms with van der Waals surface area (Å²) in [4.78, 5) is 29.9. The van der Waals surface area contributed by atoms with Crippen molar-refractivity contribution in [2.45, 2.75) is 51.1 Å². The van der Waals surface area contributed by atoms with Crippen molar-refractivity contribution in [3.8, 4) is 6.19 Å². The maximum absolute atomic E-state index is 13.6. The zero-order valence-electron chi connectivity index (χ0n) is 20.9. The molecule has 1 aliphatic carbocycles. The highest BCUT2D eigenvalue weighted by Gasteiger charge is 2.34. The third-order valence-electron chi connectivity index (χ3n) is 7.68. The van der Waals surface area contributed by atoms with Crippen LogP contribution in [0.25, 0.3) is 10.9 Å². The summed E-state index contributed by atoms with van der Waals surface area (Å²) in [7, 11) is 3.23. The molecule has 2 fully saturated rings. The van der Waals surface area contributed by atoms with Crippen LogP contribution in [0.5, 0.6) is 0 Å². The molecule has 0 unspecified atom stereocenters. The molecule has 1 aromatic carbocycles. The van der Waals surface area contributed by atoms with Crippen LogP contribution < -0.4 is 5.32 Å². The summed E-state index contributed by atoms with van der Waals surface area (Å²) in [5.41, 5.74) is 1.72. The number of nitriles is 1. The number of nitrogens with one attached hydrogen (secondary N) is 1. The molecule has 1 saturated carbocycles. The van der Waals surface area contributed by atoms with Gasteiger partial charge < -0.3 is 19.5 Å². The molecule has 1 aromatic heterocycles. The van der Waals surface area contributed by atoms with Gasteiger partial charge in [0.2, 0.25) is 5.91 Å². The average molecular weight is 480 g/mol. The molecule has 8 heteroatoms. The smallest absolute Gasteiger partial charge is 0.268 e. The van der Waals surface area contributed by atoms with E-state index in [-0.39, 0.29) is 23.8 Å². The van der Waals surface area contributed by atoms with Crippen molar-refractivity contribution in [3.05, 3.63) is 36.0 Å². The van der Waals surface area contributed by atoms with Gasteiger partial charge >= 0.3 is 0 Å². The Hall–Kier alpha value is -2.89. The van der Waals surface area contributed by atoms with E-state index in [0.29, 0.717) is 18.0 Å². The Morgan fingerprint density at radius 2 is 1.91 bits per heavy atom. The lowest BCUT2D eigenvalue weighted by molar-refractivity contribution is -0.133. The van der Waals surface area contributed by atoms with Gasteiger partial charge in [-0.2, -0.15) is 5.26 Å². The van der Waals surface area contributed by atoms with Gasteiger partial charge in [0.1, 0.15) is 5.69 Å². The first-order valence-electron chi connectivity index (χ1n) is 12.8. The minimum Gasteiger partial charge on any atom is -0.383 e. The number of rotatable bonds is 8. The van der Waals surface area contributed by atoms with Crippen LogP contribution in [0.3, 0.4) is 0 Å². The number of carbonyl (C=O) groups is 2. The van der Waals surface area contributed by atoms with Crippen LogP contribution in [0.4, 0.5) is 0 Å². The predicted molar refractivity (Wildman–Crippen MR) is 135 cm³/mol. The van der Waals surface area contributed by atoms with E-state index in [2.05, 4.69) is 20.9 Å². The summed E-state index contributed by atoms with van der Waals surface area (Å²) in [5, 5.41) is 13.4. The SMILES string of the molecule is COCCN1CCC(Cn2c(C(=O)N[C@H]3CCCC[C@H]3C(=O)N(C)C#N)cc3ccccc32)CC1. The van der Waals surface area contributed by atoms with E-state index in [4.69, 9.17) is 10.00 Å². The zero-order chi connectivity index (χ0) is 24.8. The molecule has 2 heterocycles. The quantitative estimate of drug-likeness (QED) is 0.464. The highest BCUT2D eigenvalue weighted by atomic mass is 16.5. The topological polar surface area (TPSA) is 90.6 Å². The number of likely N-dealkylation sites (tertiary alicyclic amines) is 1. The number of piperidine rings is 1. The summed E-state index contributed by atoms with van der Waals surface area (Å²) in [6, 6.07) is 9.85. The molecule has 1 N–H and O–H groups in total. The largest absolute Gasteiger partial charge is 0.383 e. The van der Waals surface area contributed by atoms with Crippen LogP contribution in [0, 0.1) is 23.3 Å². The number of hydrogen-bond donors (Lipinski definition) is 1. The third kappa shape index (κ3) is 5.85. The monoisotopic (exact) mass is 479 g/mol. The lowest BCUT2D eigenvalue weighted by Crippen LogP contribution is -2.48. The van der Waals surface area contributed by atoms with Crippen LogP contribution in [0.1, 0.15) is 49.0 Å². The lowest BCUT2D eigenvalue weighted by atomic mass is 9.83. The summed E-state index contributed by atoms with van der Waals surface area (Å²) < 4.78 is 7.39. The van der Waals surface area contributed by atoms with Crippen molar-refractivity contribution in [3.63, 3.8) is 0 Å². The van der Waals surface area contributed by atoms with Crippen LogP contribution in [0.2, 0.25) is 0 Å². The molecule has 0 radical (unpaired) electrons. The second-order valence-electron chi connectivity index (χ2n) is 9.94. The number of ether oxygens (including phenoxy) is 1. The Morgan fingerprint density at radius 3 is 2.66 bits per heavy atom. The molecule has 4 rings (SSSR count). The standard InChI is InChI=1S/C27H37N5O3/c1-30(19-28)27(34)22-8-4-5-9-23(22)29-26(33)25-17-21-7-3-6-10-24(21)32(25)18-20-11-13-31(14-12-20)15-16-35-2/h3,6-7,10,17,20,22-23H,4-5,8-9,11-16,18H2,1-2H3,(H,29,33)/t22-,23+/m1/s1. The minimum atomic E-state index is -0.355. The first-order chi connectivity index (χ1) is 17.0. The maximum Gasteiger partial charge on any atom is 0.268 e. The molecule has 1 saturated heterocycles. The van der Waals surface area contributed by atoms with Crippen molar-refractivity contribution in [2.75, 3.05) is 40.4 Å². The average Bonchev–Trinajstić information content (AvgIpc) is 3.26. The Balaban J connectivity index is 1.51. The summed E-state index contributed by atoms with van der Waals surface area (Å²) in [6.45, 7) is 4.62. The van der Waals surface area contributed by atoms with Crippen LogP contribution in [-0.2, 0) is 16.1 Å². The van der Waals surface area contributed by atoms with E-state index in [9.17, 15) is 9.59 Å². The molecule has 35 heavy (non-hydrogen) atoms. The van der Waals surface area contributed by atoms with Gasteiger partial charge in [0.15, 0.2) is 6.19 Å². The molecule has 0 spiro atoms. The van der Waals surface area contributed by atoms with Crippen LogP contribution >= 0.6 is 0 Å². The highest BCUT2D eigenvalue weighted by molar-refractivity contribution is 5.99. The normalized spacial score (nSPS) is 21.5. The van der Waals surface area contributed by atoms with Gasteiger partial charge in [0, 0.05) is 44.2 Å². The Labute approximate surface area is 207 Å². The zero-order valence-corrected chi connectivity index (χ0v) is 20.9. The number of carbonyl (C=O) groups excluding carboxylic acids is 2. The van der Waals surface area contributed by atoms with E-state index >= 15 is 0 Å². The van der Waals surface area contributed by atoms with Crippen molar-refractivity contribution in [1.82, 2.24) is 19.7 Å². The van der Waals surface area contributed by atoms with Crippen molar-refractivity contribution in [2.24, 2.45) is 11.8 Å². The molecular weight excluding hydrogens is 442 g/mol. The predicted octanol–water partition coefficient (Wildman–Crippen LogP) is 3.23. The molecular formula is C27H37N5O3. The highest BCUT2D eigenvalue weighted by Crippen LogP contribution is 2.28. The van der Waals surface area contributed by atoms with E-state index in [1.54, 1.807) is 7.11 Å². The molecule has 8 nitrogen and oxygen atoms in total. The first-order valence-corrected chi connectivity index (χ1v) is 12.8. The van der Waals surface area contributed by atoms with Crippen molar-refractivity contribution >= 4 is 22.7 Å². The number of fused-ring (bicyclic) bond motifs is 1. The van der Waals surface area contributed by atoms with Crippen LogP contribution in [0.15, 0.2) is 30.3 Å². The third-order valence-corrected chi connectivity index (χ3v) is 7.68. The Kier molecular flexibility index (Phi) is 8.42. The number of benzene rings is 1. The summed E-state index contributed by atoms with van der Waals surface area (Å²) in [6.07, 6.45) is 7.45. The fourth-order valence-electron chi connectivity index (χ4n) is 5.61. The van der Waals surface area contributed by atoms with Gasteiger partial charge in [0.25, 0.3) is 5.91 Å². The van der Waals surface area contributed by atoms with Gasteiger partial charge in [-0.1, -0.05) is 31.0 Å². The molecule has 0 bridgehead atoms. The van der Waals surface area contributed by atoms with Crippen LogP contribution in [-0.4, -0.2) is 72.6 Å². The second kappa shape index (κ2) is 11.7. The molecule has 2 aliphatic rings. The fraction of sp³-hybridized carbons (Fsp3) is 0.593. The molecule has 2 amide bonds. The maximum atomic E-state index is 13.6. The van der Waals surface area contributed by atoms with Crippen molar-refractivity contribution in [1.29, 1.82) is 5.26 Å². The van der Waals surface area contributed by atoms with Gasteiger partial charge in [-0.05, 0) is 56.8 Å². The van der Waals surface area contributed by atoms with Gasteiger partial charge in [0.05, 0.1) is 12.5 Å². The number of hydrogen-bond acceptors (Lipinski definition) is 5. The minimum absolute atomic E-state index is 0.136. The summed E-state index contributed by atoms with van der Waals surface area (Å²) in [5.74, 6) is -0.197. The number of para-hydroxylation sites is 1. The van der Waals surface area contributed by atoms with Gasteiger partial charge in [-0.3, -0.25) is 14.5 Å². The number of aromatic nitrogens is 1. The summed E-state index contributed by atoms with van der Waals surface area (Å²) >= 11 is 0. The molecule has 2 aromatic rings. The number of amides is 2. The second-order valence-corrected chi connectivity index (χ2v) is 9.94. The molecule has 2 atom stereocenters. The number of nitrogens with zero attached hydrogens (tertiary/aromatic N) is 4.